The molecule has 2 amide bonds. The fourth-order valence-corrected chi connectivity index (χ4v) is 3.24. The molecule has 1 fully saturated rings. The van der Waals surface area contributed by atoms with Crippen molar-refractivity contribution < 1.29 is 14.0 Å². The predicted octanol–water partition coefficient (Wildman–Crippen LogP) is 2.60. The lowest BCUT2D eigenvalue weighted by molar-refractivity contribution is -0.132. The summed E-state index contributed by atoms with van der Waals surface area (Å²) in [4.78, 5) is 29.0. The average molecular weight is 383 g/mol. The summed E-state index contributed by atoms with van der Waals surface area (Å²) in [5.74, 6) is -0.522. The van der Waals surface area contributed by atoms with Gasteiger partial charge in [0.15, 0.2) is 0 Å². The number of hydrogen-bond donors (Lipinski definition) is 1. The highest BCUT2D eigenvalue weighted by atomic mass is 19.1. The van der Waals surface area contributed by atoms with E-state index in [1.54, 1.807) is 4.90 Å². The number of halogens is 1. The predicted molar refractivity (Wildman–Crippen MR) is 106 cm³/mol. The maximum Gasteiger partial charge on any atom is 0.254 e. The first-order chi connectivity index (χ1) is 13.5. The van der Waals surface area contributed by atoms with Crippen LogP contribution >= 0.6 is 0 Å². The highest BCUT2D eigenvalue weighted by Gasteiger charge is 2.21. The number of rotatable bonds is 6. The van der Waals surface area contributed by atoms with Gasteiger partial charge in [0, 0.05) is 51.3 Å². The first-order valence-corrected chi connectivity index (χ1v) is 9.62. The Bertz CT molecular complexity index is 800. The third-order valence-electron chi connectivity index (χ3n) is 4.94. The molecule has 0 unspecified atom stereocenters. The lowest BCUT2D eigenvalue weighted by atomic mass is 10.1. The Morgan fingerprint density at radius 3 is 2.32 bits per heavy atom. The molecule has 5 nitrogen and oxygen atoms in total. The summed E-state index contributed by atoms with van der Waals surface area (Å²) in [5, 5.41) is 3.23. The largest absolute Gasteiger partial charge is 0.340 e. The van der Waals surface area contributed by atoms with Gasteiger partial charge in [-0.3, -0.25) is 9.59 Å². The topological polar surface area (TPSA) is 52.7 Å². The average Bonchev–Trinajstić information content (AvgIpc) is 2.73. The third-order valence-corrected chi connectivity index (χ3v) is 4.94. The fourth-order valence-electron chi connectivity index (χ4n) is 3.24. The SMILES string of the molecule is Cc1ccc(CN(CCC(=O)N2CCNCC2)C(=O)c2ccc(F)cc2)cc1. The summed E-state index contributed by atoms with van der Waals surface area (Å²) in [5.41, 5.74) is 2.56. The Morgan fingerprint density at radius 2 is 1.68 bits per heavy atom. The van der Waals surface area contributed by atoms with Crippen molar-refractivity contribution in [2.24, 2.45) is 0 Å². The molecule has 1 saturated heterocycles. The molecule has 1 aliphatic rings. The number of benzene rings is 2. The van der Waals surface area contributed by atoms with E-state index in [2.05, 4.69) is 5.32 Å². The highest BCUT2D eigenvalue weighted by molar-refractivity contribution is 5.94. The number of aryl methyl sites for hydroxylation is 1. The van der Waals surface area contributed by atoms with Crippen LogP contribution in [0.4, 0.5) is 4.39 Å². The van der Waals surface area contributed by atoms with Gasteiger partial charge in [-0.15, -0.1) is 0 Å². The van der Waals surface area contributed by atoms with E-state index in [4.69, 9.17) is 0 Å². The Balaban J connectivity index is 1.71. The molecular formula is C22H26FN3O2. The number of amides is 2. The zero-order valence-corrected chi connectivity index (χ0v) is 16.2. The van der Waals surface area contributed by atoms with E-state index in [1.165, 1.54) is 24.3 Å². The molecule has 0 atom stereocenters. The zero-order valence-electron chi connectivity index (χ0n) is 16.2. The normalized spacial score (nSPS) is 14.0. The van der Waals surface area contributed by atoms with Gasteiger partial charge in [-0.1, -0.05) is 29.8 Å². The van der Waals surface area contributed by atoms with Gasteiger partial charge in [0.2, 0.25) is 5.91 Å². The van der Waals surface area contributed by atoms with Crippen LogP contribution in [0.15, 0.2) is 48.5 Å². The minimum absolute atomic E-state index is 0.0577. The van der Waals surface area contributed by atoms with E-state index in [9.17, 15) is 14.0 Å². The first kappa shape index (κ1) is 20.0. The van der Waals surface area contributed by atoms with Gasteiger partial charge in [-0.2, -0.15) is 0 Å². The monoisotopic (exact) mass is 383 g/mol. The van der Waals surface area contributed by atoms with Crippen LogP contribution in [-0.2, 0) is 11.3 Å². The molecule has 1 heterocycles. The van der Waals surface area contributed by atoms with Crippen LogP contribution in [0.1, 0.15) is 27.9 Å². The zero-order chi connectivity index (χ0) is 19.9. The van der Waals surface area contributed by atoms with E-state index in [1.807, 2.05) is 36.1 Å². The fraction of sp³-hybridized carbons (Fsp3) is 0.364. The second-order valence-electron chi connectivity index (χ2n) is 7.10. The summed E-state index contributed by atoms with van der Waals surface area (Å²) < 4.78 is 13.2. The number of hydrogen-bond acceptors (Lipinski definition) is 3. The van der Waals surface area contributed by atoms with Crippen LogP contribution in [0, 0.1) is 12.7 Å². The number of carbonyl (C=O) groups is 2. The number of nitrogens with zero attached hydrogens (tertiary/aromatic N) is 2. The van der Waals surface area contributed by atoms with Gasteiger partial charge in [-0.25, -0.2) is 4.39 Å². The minimum Gasteiger partial charge on any atom is -0.340 e. The molecule has 0 aliphatic carbocycles. The van der Waals surface area contributed by atoms with Crippen LogP contribution in [0.5, 0.6) is 0 Å². The molecular weight excluding hydrogens is 357 g/mol. The molecule has 6 heteroatoms. The van der Waals surface area contributed by atoms with Gasteiger partial charge < -0.3 is 15.1 Å². The van der Waals surface area contributed by atoms with Crippen molar-refractivity contribution in [1.82, 2.24) is 15.1 Å². The number of piperazine rings is 1. The van der Waals surface area contributed by atoms with Crippen LogP contribution in [-0.4, -0.2) is 54.3 Å². The molecule has 2 aromatic rings. The Morgan fingerprint density at radius 1 is 1.04 bits per heavy atom. The van der Waals surface area contributed by atoms with Crippen molar-refractivity contribution in [3.05, 3.63) is 71.0 Å². The van der Waals surface area contributed by atoms with E-state index in [-0.39, 0.29) is 24.1 Å². The Hall–Kier alpha value is -2.73. The van der Waals surface area contributed by atoms with Crippen molar-refractivity contribution in [2.75, 3.05) is 32.7 Å². The van der Waals surface area contributed by atoms with E-state index < -0.39 is 0 Å². The van der Waals surface area contributed by atoms with Gasteiger partial charge in [0.25, 0.3) is 5.91 Å². The van der Waals surface area contributed by atoms with Crippen molar-refractivity contribution in [1.29, 1.82) is 0 Å². The summed E-state index contributed by atoms with van der Waals surface area (Å²) in [6.45, 7) is 5.74. The molecule has 1 N–H and O–H groups in total. The lowest BCUT2D eigenvalue weighted by Crippen LogP contribution is -2.47. The molecule has 0 spiro atoms. The summed E-state index contributed by atoms with van der Waals surface area (Å²) >= 11 is 0. The minimum atomic E-state index is -0.379. The maximum atomic E-state index is 13.2. The molecule has 148 valence electrons. The molecule has 0 radical (unpaired) electrons. The Kier molecular flexibility index (Phi) is 6.76. The third kappa shape index (κ3) is 5.39. The van der Waals surface area contributed by atoms with Crippen molar-refractivity contribution in [2.45, 2.75) is 19.9 Å². The van der Waals surface area contributed by atoms with Crippen molar-refractivity contribution in [3.63, 3.8) is 0 Å². The number of nitrogens with one attached hydrogen (secondary N) is 1. The molecule has 1 aliphatic heterocycles. The summed E-state index contributed by atoms with van der Waals surface area (Å²) in [6.07, 6.45) is 0.277. The van der Waals surface area contributed by atoms with Gasteiger partial charge in [0.1, 0.15) is 5.82 Å². The van der Waals surface area contributed by atoms with Crippen LogP contribution in [0.25, 0.3) is 0 Å². The maximum absolute atomic E-state index is 13.2. The van der Waals surface area contributed by atoms with E-state index >= 15 is 0 Å². The Labute approximate surface area is 165 Å². The summed E-state index contributed by atoms with van der Waals surface area (Å²) in [7, 11) is 0. The molecule has 0 bridgehead atoms. The second kappa shape index (κ2) is 9.46. The number of carbonyl (C=O) groups excluding carboxylic acids is 2. The molecule has 2 aromatic carbocycles. The molecule has 3 rings (SSSR count). The highest BCUT2D eigenvalue weighted by Crippen LogP contribution is 2.13. The van der Waals surface area contributed by atoms with Gasteiger partial charge in [0.05, 0.1) is 0 Å². The van der Waals surface area contributed by atoms with Crippen LogP contribution in [0.2, 0.25) is 0 Å². The van der Waals surface area contributed by atoms with Crippen molar-refractivity contribution >= 4 is 11.8 Å². The van der Waals surface area contributed by atoms with E-state index in [0.29, 0.717) is 31.7 Å². The second-order valence-corrected chi connectivity index (χ2v) is 7.10. The van der Waals surface area contributed by atoms with Gasteiger partial charge >= 0.3 is 0 Å². The molecule has 0 aromatic heterocycles. The standard InChI is InChI=1S/C22H26FN3O2/c1-17-2-4-18(5-3-17)16-26(22(28)19-6-8-20(23)9-7-19)13-10-21(27)25-14-11-24-12-15-25/h2-9,24H,10-16H2,1H3. The molecule has 0 saturated carbocycles. The van der Waals surface area contributed by atoms with Crippen LogP contribution < -0.4 is 5.32 Å². The first-order valence-electron chi connectivity index (χ1n) is 9.62. The quantitative estimate of drug-likeness (QED) is 0.834. The smallest absolute Gasteiger partial charge is 0.254 e. The van der Waals surface area contributed by atoms with E-state index in [0.717, 1.165) is 24.2 Å². The molecule has 28 heavy (non-hydrogen) atoms. The van der Waals surface area contributed by atoms with Crippen molar-refractivity contribution in [3.8, 4) is 0 Å². The van der Waals surface area contributed by atoms with Gasteiger partial charge in [-0.05, 0) is 36.8 Å². The lowest BCUT2D eigenvalue weighted by Gasteiger charge is -2.29. The van der Waals surface area contributed by atoms with Crippen LogP contribution in [0.3, 0.4) is 0 Å². The summed E-state index contributed by atoms with van der Waals surface area (Å²) in [6, 6.07) is 13.5.